The fraction of sp³-hybridized carbons (Fsp3) is 0.268. The Morgan fingerprint density at radius 2 is 1.42 bits per heavy atom. The van der Waals surface area contributed by atoms with Crippen LogP contribution in [0.5, 0.6) is 0 Å². The lowest BCUT2D eigenvalue weighted by molar-refractivity contribution is 0.544. The van der Waals surface area contributed by atoms with Gasteiger partial charge in [0.25, 0.3) is 0 Å². The van der Waals surface area contributed by atoms with Gasteiger partial charge in [-0.1, -0.05) is 101 Å². The molecule has 0 atom stereocenters. The van der Waals surface area contributed by atoms with Gasteiger partial charge in [-0.2, -0.15) is 10.4 Å². The molecule has 0 aliphatic carbocycles. The van der Waals surface area contributed by atoms with Crippen LogP contribution in [0.3, 0.4) is 0 Å². The molecule has 0 fully saturated rings. The van der Waals surface area contributed by atoms with E-state index in [2.05, 4.69) is 92.4 Å². The van der Waals surface area contributed by atoms with Crippen LogP contribution in [0, 0.1) is 25.2 Å². The van der Waals surface area contributed by atoms with E-state index in [-0.39, 0.29) is 5.41 Å². The molecule has 0 spiro atoms. The SMILES string of the molecule is CCc1ccc(Nc2cc(C)c(N=Nc3nc(C)c(/N=N/c4c(C#N)c(C(C)(C)C)nn4Cc4ccccc4)s3)c(Nc3ccc(CC)cc3)n2)cc1. The summed E-state index contributed by atoms with van der Waals surface area (Å²) in [6.07, 6.45) is 1.93. The second-order valence-corrected chi connectivity index (χ2v) is 14.7. The molecule has 0 radical (unpaired) electrons. The number of hydrogen-bond donors (Lipinski definition) is 2. The van der Waals surface area contributed by atoms with Crippen LogP contribution in [-0.2, 0) is 24.8 Å². The fourth-order valence-corrected chi connectivity index (χ4v) is 6.33. The Bertz CT molecular complexity index is 2290. The summed E-state index contributed by atoms with van der Waals surface area (Å²) in [6, 6.07) is 30.9. The van der Waals surface area contributed by atoms with Gasteiger partial charge in [-0.25, -0.2) is 14.6 Å². The number of pyridine rings is 1. The fourth-order valence-electron chi connectivity index (χ4n) is 5.62. The lowest BCUT2D eigenvalue weighted by Gasteiger charge is -2.15. The monoisotopic (exact) mass is 721 g/mol. The number of aromatic nitrogens is 4. The summed E-state index contributed by atoms with van der Waals surface area (Å²) in [5.41, 5.74) is 8.22. The Morgan fingerprint density at radius 1 is 0.774 bits per heavy atom. The van der Waals surface area contributed by atoms with Gasteiger partial charge in [-0.3, -0.25) is 0 Å². The molecule has 0 unspecified atom stereocenters. The maximum Gasteiger partial charge on any atom is 0.232 e. The first-order valence-corrected chi connectivity index (χ1v) is 18.5. The minimum absolute atomic E-state index is 0.362. The van der Waals surface area contributed by atoms with Crippen LogP contribution in [-0.4, -0.2) is 19.7 Å². The molecule has 0 saturated heterocycles. The third kappa shape index (κ3) is 8.88. The van der Waals surface area contributed by atoms with Crippen LogP contribution in [0.15, 0.2) is 105 Å². The molecule has 3 aromatic heterocycles. The van der Waals surface area contributed by atoms with E-state index >= 15 is 0 Å². The highest BCUT2D eigenvalue weighted by Gasteiger charge is 2.27. The minimum atomic E-state index is -0.362. The standard InChI is InChI=1S/C41H43N11S/c1-8-28-15-19-31(20-16-28)44-34-23-26(3)35(37(46-34)45-32-21-17-29(9-2)18-22-32)47-50-40-43-27(4)39(53-40)49-48-38-33(24-42)36(41(5,6)7)51-52(38)25-30-13-11-10-12-14-30/h10-23H,8-9,25H2,1-7H3,(H2,44,45,46)/b49-48+,50-47?. The van der Waals surface area contributed by atoms with Gasteiger partial charge in [0.15, 0.2) is 16.6 Å². The number of azo groups is 2. The summed E-state index contributed by atoms with van der Waals surface area (Å²) < 4.78 is 1.74. The van der Waals surface area contributed by atoms with Gasteiger partial charge in [0.05, 0.1) is 17.9 Å². The van der Waals surface area contributed by atoms with E-state index in [1.165, 1.54) is 22.5 Å². The van der Waals surface area contributed by atoms with Gasteiger partial charge in [0.2, 0.25) is 5.13 Å². The lowest BCUT2D eigenvalue weighted by atomic mass is 9.90. The Morgan fingerprint density at radius 3 is 2.02 bits per heavy atom. The molecule has 3 heterocycles. The highest BCUT2D eigenvalue weighted by molar-refractivity contribution is 7.19. The normalized spacial score (nSPS) is 11.7. The summed E-state index contributed by atoms with van der Waals surface area (Å²) in [5, 5.41) is 41.2. The van der Waals surface area contributed by atoms with Gasteiger partial charge < -0.3 is 10.6 Å². The highest BCUT2D eigenvalue weighted by atomic mass is 32.1. The molecule has 0 aliphatic rings. The van der Waals surface area contributed by atoms with Crippen LogP contribution in [0.25, 0.3) is 0 Å². The first-order valence-electron chi connectivity index (χ1n) is 17.6. The number of nitrogens with zero attached hydrogens (tertiary/aromatic N) is 9. The molecule has 2 N–H and O–H groups in total. The average Bonchev–Trinajstić information content (AvgIpc) is 3.69. The molecule has 0 aliphatic heterocycles. The largest absolute Gasteiger partial charge is 0.340 e. The summed E-state index contributed by atoms with van der Waals surface area (Å²) in [6.45, 7) is 14.7. The van der Waals surface area contributed by atoms with Gasteiger partial charge in [-0.15, -0.1) is 20.5 Å². The second-order valence-electron chi connectivity index (χ2n) is 13.7. The third-order valence-corrected chi connectivity index (χ3v) is 9.52. The average molecular weight is 722 g/mol. The van der Waals surface area contributed by atoms with Crippen molar-refractivity contribution in [2.75, 3.05) is 10.6 Å². The molecule has 268 valence electrons. The predicted octanol–water partition coefficient (Wildman–Crippen LogP) is 12.0. The molecule has 53 heavy (non-hydrogen) atoms. The zero-order valence-corrected chi connectivity index (χ0v) is 32.0. The van der Waals surface area contributed by atoms with E-state index in [9.17, 15) is 5.26 Å². The number of thiazole rings is 1. The molecular formula is C41H43N11S. The molecule has 0 bridgehead atoms. The van der Waals surface area contributed by atoms with Crippen molar-refractivity contribution in [2.45, 2.75) is 73.3 Å². The Balaban J connectivity index is 1.31. The number of hydrogen-bond acceptors (Lipinski definition) is 11. The topological polar surface area (TPSA) is 141 Å². The summed E-state index contributed by atoms with van der Waals surface area (Å²) in [4.78, 5) is 9.55. The molecule has 6 rings (SSSR count). The van der Waals surface area contributed by atoms with Crippen LogP contribution in [0.4, 0.5) is 44.6 Å². The van der Waals surface area contributed by atoms with Crippen molar-refractivity contribution in [2.24, 2.45) is 20.5 Å². The highest BCUT2D eigenvalue weighted by Crippen LogP contribution is 2.39. The lowest BCUT2D eigenvalue weighted by Crippen LogP contribution is -2.14. The van der Waals surface area contributed by atoms with Crippen molar-refractivity contribution in [3.8, 4) is 6.07 Å². The molecule has 0 saturated carbocycles. The van der Waals surface area contributed by atoms with E-state index in [1.54, 1.807) is 4.68 Å². The van der Waals surface area contributed by atoms with Crippen molar-refractivity contribution in [3.63, 3.8) is 0 Å². The number of anilines is 4. The Kier molecular flexibility index (Phi) is 11.1. The number of aryl methyl sites for hydroxylation is 4. The molecule has 11 nitrogen and oxygen atoms in total. The molecular weight excluding hydrogens is 679 g/mol. The van der Waals surface area contributed by atoms with Gasteiger partial charge >= 0.3 is 0 Å². The van der Waals surface area contributed by atoms with E-state index in [4.69, 9.17) is 10.1 Å². The van der Waals surface area contributed by atoms with E-state index in [0.29, 0.717) is 56.8 Å². The molecule has 3 aromatic carbocycles. The van der Waals surface area contributed by atoms with E-state index < -0.39 is 0 Å². The van der Waals surface area contributed by atoms with E-state index in [1.807, 2.05) is 83.1 Å². The smallest absolute Gasteiger partial charge is 0.232 e. The summed E-state index contributed by atoms with van der Waals surface area (Å²) in [5.74, 6) is 1.64. The molecule has 12 heteroatoms. The van der Waals surface area contributed by atoms with Gasteiger partial charge in [0, 0.05) is 16.8 Å². The maximum absolute atomic E-state index is 10.2. The summed E-state index contributed by atoms with van der Waals surface area (Å²) in [7, 11) is 0. The van der Waals surface area contributed by atoms with Crippen molar-refractivity contribution in [1.82, 2.24) is 19.7 Å². The van der Waals surface area contributed by atoms with Crippen LogP contribution < -0.4 is 10.6 Å². The Hall–Kier alpha value is -6.06. The number of benzene rings is 3. The van der Waals surface area contributed by atoms with Crippen LogP contribution in [0.1, 0.15) is 73.8 Å². The maximum atomic E-state index is 10.2. The first-order chi connectivity index (χ1) is 25.5. The van der Waals surface area contributed by atoms with Gasteiger partial charge in [0.1, 0.15) is 23.1 Å². The van der Waals surface area contributed by atoms with Crippen molar-refractivity contribution in [1.29, 1.82) is 5.26 Å². The van der Waals surface area contributed by atoms with Crippen LogP contribution >= 0.6 is 11.3 Å². The molecule has 0 amide bonds. The zero-order valence-electron chi connectivity index (χ0n) is 31.1. The zero-order chi connectivity index (χ0) is 37.5. The first kappa shape index (κ1) is 36.7. The van der Waals surface area contributed by atoms with Crippen molar-refractivity contribution in [3.05, 3.63) is 124 Å². The van der Waals surface area contributed by atoms with Crippen molar-refractivity contribution < 1.29 is 0 Å². The third-order valence-electron chi connectivity index (χ3n) is 8.60. The predicted molar refractivity (Wildman–Crippen MR) is 214 cm³/mol. The number of nitriles is 1. The molecule has 6 aromatic rings. The van der Waals surface area contributed by atoms with Crippen molar-refractivity contribution >= 4 is 56.0 Å². The Labute approximate surface area is 314 Å². The second kappa shape index (κ2) is 16.1. The number of rotatable bonds is 12. The summed E-state index contributed by atoms with van der Waals surface area (Å²) >= 11 is 1.26. The van der Waals surface area contributed by atoms with Gasteiger partial charge in [-0.05, 0) is 79.3 Å². The van der Waals surface area contributed by atoms with E-state index in [0.717, 1.165) is 35.3 Å². The van der Waals surface area contributed by atoms with Crippen LogP contribution in [0.2, 0.25) is 0 Å². The minimum Gasteiger partial charge on any atom is -0.340 e. The number of nitrogens with one attached hydrogen (secondary N) is 2. The quantitative estimate of drug-likeness (QED) is 0.120.